The summed E-state index contributed by atoms with van der Waals surface area (Å²) in [6.45, 7) is 0. The van der Waals surface area contributed by atoms with E-state index in [9.17, 15) is 0 Å². The van der Waals surface area contributed by atoms with Crippen molar-refractivity contribution < 1.29 is 10.2 Å². The summed E-state index contributed by atoms with van der Waals surface area (Å²) in [5.41, 5.74) is 0. The SMILES string of the molecule is CO.CO.N.N. The third-order valence-electron chi connectivity index (χ3n) is 0. The smallest absolute Gasteiger partial charge is 0.0319 e. The number of hydrogen-bond acceptors (Lipinski definition) is 4. The van der Waals surface area contributed by atoms with Crippen molar-refractivity contribution in [1.82, 2.24) is 12.3 Å². The molecule has 0 fully saturated rings. The maximum absolute atomic E-state index is 7.00. The number of aliphatic hydroxyl groups is 2. The Morgan fingerprint density at radius 3 is 0.667 bits per heavy atom. The first-order chi connectivity index (χ1) is 2.00. The summed E-state index contributed by atoms with van der Waals surface area (Å²) in [6, 6.07) is 0. The molecule has 0 aliphatic carbocycles. The van der Waals surface area contributed by atoms with Gasteiger partial charge in [-0.25, -0.2) is 0 Å². The average molecular weight is 98.1 g/mol. The maximum Gasteiger partial charge on any atom is 0.0319 e. The van der Waals surface area contributed by atoms with Crippen LogP contribution in [0, 0.1) is 0 Å². The number of rotatable bonds is 0. The molecule has 4 heteroatoms. The highest BCUT2D eigenvalue weighted by atomic mass is 16.2. The van der Waals surface area contributed by atoms with Crippen molar-refractivity contribution in [3.8, 4) is 0 Å². The Labute approximate surface area is 38.0 Å². The van der Waals surface area contributed by atoms with Crippen LogP contribution >= 0.6 is 0 Å². The van der Waals surface area contributed by atoms with Crippen LogP contribution in [-0.4, -0.2) is 24.4 Å². The molecular weight excluding hydrogens is 84.0 g/mol. The van der Waals surface area contributed by atoms with Gasteiger partial charge in [-0.2, -0.15) is 0 Å². The molecule has 0 atom stereocenters. The lowest BCUT2D eigenvalue weighted by Crippen LogP contribution is -1.25. The van der Waals surface area contributed by atoms with E-state index in [2.05, 4.69) is 0 Å². The first kappa shape index (κ1) is 40.4. The summed E-state index contributed by atoms with van der Waals surface area (Å²) in [6.07, 6.45) is 0. The number of hydrogen-bond donors (Lipinski definition) is 4. The second kappa shape index (κ2) is 2790. The molecule has 4 nitrogen and oxygen atoms in total. The first-order valence-electron chi connectivity index (χ1n) is 0.894. The topological polar surface area (TPSA) is 110 Å². The molecule has 0 aromatic carbocycles. The van der Waals surface area contributed by atoms with Crippen molar-refractivity contribution in [3.05, 3.63) is 0 Å². The zero-order chi connectivity index (χ0) is 4.00. The van der Waals surface area contributed by atoms with E-state index in [1.807, 2.05) is 0 Å². The predicted octanol–water partition coefficient (Wildman–Crippen LogP) is -0.459. The fourth-order valence-electron chi connectivity index (χ4n) is 0. The van der Waals surface area contributed by atoms with Crippen molar-refractivity contribution in [3.63, 3.8) is 0 Å². The van der Waals surface area contributed by atoms with Gasteiger partial charge in [-0.3, -0.25) is 0 Å². The van der Waals surface area contributed by atoms with Crippen LogP contribution in [-0.2, 0) is 0 Å². The molecule has 44 valence electrons. The minimum absolute atomic E-state index is 0. The summed E-state index contributed by atoms with van der Waals surface area (Å²) >= 11 is 0. The van der Waals surface area contributed by atoms with Crippen LogP contribution in [0.4, 0.5) is 0 Å². The Morgan fingerprint density at radius 1 is 0.667 bits per heavy atom. The lowest BCUT2D eigenvalue weighted by atomic mass is 11.8. The van der Waals surface area contributed by atoms with Gasteiger partial charge in [-0.1, -0.05) is 0 Å². The van der Waals surface area contributed by atoms with Gasteiger partial charge >= 0.3 is 0 Å². The van der Waals surface area contributed by atoms with Gasteiger partial charge in [0.2, 0.25) is 0 Å². The van der Waals surface area contributed by atoms with Crippen LogP contribution in [0.2, 0.25) is 0 Å². The monoisotopic (exact) mass is 98.1 g/mol. The van der Waals surface area contributed by atoms with Crippen molar-refractivity contribution >= 4 is 0 Å². The molecule has 0 aromatic heterocycles. The van der Waals surface area contributed by atoms with Crippen molar-refractivity contribution in [2.75, 3.05) is 14.2 Å². The predicted molar refractivity (Wildman–Crippen MR) is 26.3 cm³/mol. The zero-order valence-electron chi connectivity index (χ0n) is 4.31. The van der Waals surface area contributed by atoms with Crippen LogP contribution in [0.25, 0.3) is 0 Å². The highest BCUT2D eigenvalue weighted by Crippen LogP contribution is 0.757. The van der Waals surface area contributed by atoms with Gasteiger partial charge in [0.05, 0.1) is 0 Å². The molecule has 6 heavy (non-hydrogen) atoms. The summed E-state index contributed by atoms with van der Waals surface area (Å²) in [5.74, 6) is 0. The molecule has 0 rings (SSSR count). The molecule has 0 saturated carbocycles. The summed E-state index contributed by atoms with van der Waals surface area (Å²) in [5, 5.41) is 14.0. The third-order valence-corrected chi connectivity index (χ3v) is 0. The van der Waals surface area contributed by atoms with Gasteiger partial charge in [-0.05, 0) is 0 Å². The van der Waals surface area contributed by atoms with E-state index in [0.29, 0.717) is 0 Å². The first-order valence-corrected chi connectivity index (χ1v) is 0.894. The fourth-order valence-corrected chi connectivity index (χ4v) is 0. The Bertz CT molecular complexity index is 9.51. The quantitative estimate of drug-likeness (QED) is 0.328. The van der Waals surface area contributed by atoms with Crippen LogP contribution in [0.5, 0.6) is 0 Å². The molecule has 0 radical (unpaired) electrons. The molecule has 0 heterocycles. The van der Waals surface area contributed by atoms with Crippen LogP contribution in [0.3, 0.4) is 0 Å². The minimum atomic E-state index is 0. The molecule has 0 aliphatic heterocycles. The van der Waals surface area contributed by atoms with Crippen LogP contribution in [0.1, 0.15) is 0 Å². The maximum atomic E-state index is 7.00. The largest absolute Gasteiger partial charge is 0.400 e. The van der Waals surface area contributed by atoms with E-state index in [1.54, 1.807) is 0 Å². The molecule has 0 aliphatic rings. The van der Waals surface area contributed by atoms with E-state index >= 15 is 0 Å². The average Bonchev–Trinajstić information content (AvgIpc) is 1.50. The second-order valence-corrected chi connectivity index (χ2v) is 0. The van der Waals surface area contributed by atoms with E-state index in [4.69, 9.17) is 10.2 Å². The van der Waals surface area contributed by atoms with Gasteiger partial charge in [0.25, 0.3) is 0 Å². The van der Waals surface area contributed by atoms with Gasteiger partial charge < -0.3 is 22.5 Å². The molecule has 0 amide bonds. The van der Waals surface area contributed by atoms with Crippen LogP contribution in [0.15, 0.2) is 0 Å². The molecule has 0 spiro atoms. The van der Waals surface area contributed by atoms with Crippen LogP contribution < -0.4 is 12.3 Å². The van der Waals surface area contributed by atoms with Crippen molar-refractivity contribution in [2.24, 2.45) is 0 Å². The third kappa shape index (κ3) is 1210. The summed E-state index contributed by atoms with van der Waals surface area (Å²) in [7, 11) is 2.00. The van der Waals surface area contributed by atoms with Gasteiger partial charge in [0.1, 0.15) is 0 Å². The van der Waals surface area contributed by atoms with Gasteiger partial charge in [0, 0.05) is 14.2 Å². The lowest BCUT2D eigenvalue weighted by Gasteiger charge is -1.21. The molecule has 0 aromatic rings. The highest BCUT2D eigenvalue weighted by Gasteiger charge is 0.841. The van der Waals surface area contributed by atoms with E-state index in [-0.39, 0.29) is 12.3 Å². The Hall–Kier alpha value is -0.160. The Kier molecular flexibility index (Phi) is 18800. The molecule has 0 unspecified atom stereocenters. The zero-order valence-corrected chi connectivity index (χ0v) is 4.31. The summed E-state index contributed by atoms with van der Waals surface area (Å²) < 4.78 is 0. The summed E-state index contributed by atoms with van der Waals surface area (Å²) in [4.78, 5) is 0. The van der Waals surface area contributed by atoms with Crippen molar-refractivity contribution in [1.29, 1.82) is 0 Å². The fraction of sp³-hybridized carbons (Fsp3) is 1.00. The Morgan fingerprint density at radius 2 is 0.667 bits per heavy atom. The van der Waals surface area contributed by atoms with Gasteiger partial charge in [0.15, 0.2) is 0 Å². The molecular formula is C2H14N2O2. The second-order valence-electron chi connectivity index (χ2n) is 0. The normalized spacial score (nSPS) is 2.00. The highest BCUT2D eigenvalue weighted by molar-refractivity contribution is 3.18. The van der Waals surface area contributed by atoms with E-state index < -0.39 is 0 Å². The van der Waals surface area contributed by atoms with Gasteiger partial charge in [-0.15, -0.1) is 0 Å². The molecule has 0 saturated heterocycles. The molecule has 0 bridgehead atoms. The van der Waals surface area contributed by atoms with Crippen molar-refractivity contribution in [2.45, 2.75) is 0 Å². The minimum Gasteiger partial charge on any atom is -0.400 e. The standard InChI is InChI=1S/2CH4O.2H3N/c2*1-2;;/h2*2H,1H3;2*1H3. The lowest BCUT2D eigenvalue weighted by molar-refractivity contribution is 0.399. The van der Waals surface area contributed by atoms with E-state index in [0.717, 1.165) is 14.2 Å². The Balaban J connectivity index is -0.00000000500. The number of aliphatic hydroxyl groups excluding tert-OH is 2. The molecule has 8 N–H and O–H groups in total. The van der Waals surface area contributed by atoms with E-state index in [1.165, 1.54) is 0 Å².